The van der Waals surface area contributed by atoms with Crippen molar-refractivity contribution in [2.75, 3.05) is 6.54 Å². The van der Waals surface area contributed by atoms with Crippen LogP contribution in [-0.4, -0.2) is 45.8 Å². The smallest absolute Gasteiger partial charge is 0.407 e. The summed E-state index contributed by atoms with van der Waals surface area (Å²) >= 11 is 0. The Morgan fingerprint density at radius 1 is 1.03 bits per heavy atom. The molecule has 35 heavy (non-hydrogen) atoms. The molecule has 2 aromatic rings. The number of aliphatic hydroxyl groups is 1. The second kappa shape index (κ2) is 12.7. The molecule has 0 bridgehead atoms. The summed E-state index contributed by atoms with van der Waals surface area (Å²) in [6.45, 7) is 4.22. The monoisotopic (exact) mass is 480 g/mol. The zero-order valence-corrected chi connectivity index (χ0v) is 21.0. The number of nitrogens with zero attached hydrogens (tertiary/aromatic N) is 1. The van der Waals surface area contributed by atoms with Crippen LogP contribution in [0.3, 0.4) is 0 Å². The molecular weight excluding hydrogens is 440 g/mol. The molecule has 1 saturated carbocycles. The van der Waals surface area contributed by atoms with Crippen molar-refractivity contribution in [2.45, 2.75) is 83.4 Å². The molecule has 6 nitrogen and oxygen atoms in total. The van der Waals surface area contributed by atoms with Gasteiger partial charge in [0.05, 0.1) is 12.1 Å². The highest BCUT2D eigenvalue weighted by Crippen LogP contribution is 2.42. The van der Waals surface area contributed by atoms with Gasteiger partial charge in [-0.1, -0.05) is 93.3 Å². The van der Waals surface area contributed by atoms with Gasteiger partial charge in [-0.3, -0.25) is 4.79 Å². The largest absolute Gasteiger partial charge is 0.465 e. The Balaban J connectivity index is 1.80. The lowest BCUT2D eigenvalue weighted by Crippen LogP contribution is -2.55. The van der Waals surface area contributed by atoms with E-state index in [0.29, 0.717) is 13.0 Å². The number of amides is 2. The predicted octanol–water partition coefficient (Wildman–Crippen LogP) is 5.57. The normalized spacial score (nSPS) is 17.3. The Kier molecular flexibility index (Phi) is 9.73. The molecule has 1 unspecified atom stereocenters. The first kappa shape index (κ1) is 26.7. The van der Waals surface area contributed by atoms with Crippen molar-refractivity contribution < 1.29 is 19.8 Å². The van der Waals surface area contributed by atoms with Gasteiger partial charge in [-0.2, -0.15) is 0 Å². The van der Waals surface area contributed by atoms with Crippen LogP contribution in [0.5, 0.6) is 0 Å². The minimum Gasteiger partial charge on any atom is -0.465 e. The van der Waals surface area contributed by atoms with Gasteiger partial charge in [-0.05, 0) is 49.1 Å². The van der Waals surface area contributed by atoms with Crippen molar-refractivity contribution >= 4 is 12.0 Å². The lowest BCUT2D eigenvalue weighted by molar-refractivity contribution is -0.133. The van der Waals surface area contributed by atoms with Gasteiger partial charge in [-0.15, -0.1) is 0 Å². The highest BCUT2D eigenvalue weighted by Gasteiger charge is 2.42. The molecule has 1 aliphatic rings. The number of rotatable bonds is 12. The molecule has 0 spiro atoms. The van der Waals surface area contributed by atoms with Gasteiger partial charge in [-0.25, -0.2) is 4.79 Å². The van der Waals surface area contributed by atoms with Gasteiger partial charge in [0.25, 0.3) is 5.91 Å². The molecule has 3 atom stereocenters. The summed E-state index contributed by atoms with van der Waals surface area (Å²) < 4.78 is 0. The minimum atomic E-state index is -1.43. The van der Waals surface area contributed by atoms with Crippen molar-refractivity contribution in [3.05, 3.63) is 71.8 Å². The van der Waals surface area contributed by atoms with Crippen LogP contribution in [0.2, 0.25) is 0 Å². The van der Waals surface area contributed by atoms with Crippen molar-refractivity contribution in [3.63, 3.8) is 0 Å². The molecule has 0 aliphatic heterocycles. The second-order valence-electron chi connectivity index (χ2n) is 10.1. The minimum absolute atomic E-state index is 0.183. The second-order valence-corrected chi connectivity index (χ2v) is 10.1. The van der Waals surface area contributed by atoms with Crippen molar-refractivity contribution in [2.24, 2.45) is 5.41 Å². The molecule has 2 aromatic carbocycles. The number of hydrogen-bond acceptors (Lipinski definition) is 3. The highest BCUT2D eigenvalue weighted by atomic mass is 16.4. The number of carbonyl (C=O) groups excluding carboxylic acids is 1. The lowest BCUT2D eigenvalue weighted by Gasteiger charge is -2.40. The Morgan fingerprint density at radius 3 is 2.20 bits per heavy atom. The third-order valence-corrected chi connectivity index (χ3v) is 7.38. The molecule has 0 aromatic heterocycles. The predicted molar refractivity (Wildman–Crippen MR) is 138 cm³/mol. The summed E-state index contributed by atoms with van der Waals surface area (Å²) in [5.74, 6) is -0.530. The fourth-order valence-electron chi connectivity index (χ4n) is 5.43. The SMILES string of the molecule is CCCC[C@@H](C(O)C(=O)N[C@H](C)c1ccccc1)N(CC1(Cc2ccccc2)CCCC1)C(=O)O. The summed E-state index contributed by atoms with van der Waals surface area (Å²) in [5, 5.41) is 24.3. The maximum absolute atomic E-state index is 13.1. The molecule has 190 valence electrons. The molecule has 3 N–H and O–H groups in total. The Hall–Kier alpha value is -2.86. The topological polar surface area (TPSA) is 89.9 Å². The fraction of sp³-hybridized carbons (Fsp3) is 0.517. The van der Waals surface area contributed by atoms with Gasteiger partial charge >= 0.3 is 6.09 Å². The van der Waals surface area contributed by atoms with Gasteiger partial charge in [0.15, 0.2) is 6.10 Å². The summed E-state index contributed by atoms with van der Waals surface area (Å²) in [7, 11) is 0. The fourth-order valence-corrected chi connectivity index (χ4v) is 5.43. The number of aliphatic hydroxyl groups excluding tert-OH is 1. The number of benzene rings is 2. The summed E-state index contributed by atoms with van der Waals surface area (Å²) in [5.41, 5.74) is 1.94. The molecular formula is C29H40N2O4. The van der Waals surface area contributed by atoms with Crippen LogP contribution in [0.4, 0.5) is 4.79 Å². The van der Waals surface area contributed by atoms with Crippen LogP contribution >= 0.6 is 0 Å². The summed E-state index contributed by atoms with van der Waals surface area (Å²) in [6.07, 6.45) is 4.34. The summed E-state index contributed by atoms with van der Waals surface area (Å²) in [4.78, 5) is 27.0. The first-order valence-electron chi connectivity index (χ1n) is 12.9. The third-order valence-electron chi connectivity index (χ3n) is 7.38. The quantitative estimate of drug-likeness (QED) is 0.371. The molecule has 0 saturated heterocycles. The van der Waals surface area contributed by atoms with Crippen LogP contribution in [0.1, 0.15) is 76.0 Å². The van der Waals surface area contributed by atoms with Gasteiger partial charge in [0, 0.05) is 6.54 Å². The molecule has 3 rings (SSSR count). The maximum atomic E-state index is 13.1. The number of hydrogen-bond donors (Lipinski definition) is 3. The molecule has 2 amide bonds. The van der Waals surface area contributed by atoms with E-state index in [4.69, 9.17) is 0 Å². The van der Waals surface area contributed by atoms with E-state index in [1.54, 1.807) is 0 Å². The Bertz CT molecular complexity index is 928. The third kappa shape index (κ3) is 7.31. The van der Waals surface area contributed by atoms with Gasteiger partial charge < -0.3 is 20.4 Å². The first-order valence-corrected chi connectivity index (χ1v) is 12.9. The molecule has 0 heterocycles. The molecule has 1 fully saturated rings. The average molecular weight is 481 g/mol. The number of carboxylic acid groups (broad SMARTS) is 1. The Morgan fingerprint density at radius 2 is 1.63 bits per heavy atom. The van der Waals surface area contributed by atoms with Crippen LogP contribution in [-0.2, 0) is 11.2 Å². The van der Waals surface area contributed by atoms with Crippen molar-refractivity contribution in [3.8, 4) is 0 Å². The van der Waals surface area contributed by atoms with Crippen LogP contribution < -0.4 is 5.32 Å². The van der Waals surface area contributed by atoms with E-state index in [9.17, 15) is 19.8 Å². The summed E-state index contributed by atoms with van der Waals surface area (Å²) in [6, 6.07) is 18.7. The number of nitrogens with one attached hydrogen (secondary N) is 1. The van der Waals surface area contributed by atoms with Crippen LogP contribution in [0.15, 0.2) is 60.7 Å². The highest BCUT2D eigenvalue weighted by molar-refractivity contribution is 5.82. The van der Waals surface area contributed by atoms with E-state index in [-0.39, 0.29) is 11.5 Å². The zero-order valence-electron chi connectivity index (χ0n) is 21.0. The molecule has 0 radical (unpaired) electrons. The van der Waals surface area contributed by atoms with E-state index < -0.39 is 24.1 Å². The van der Waals surface area contributed by atoms with Crippen molar-refractivity contribution in [1.82, 2.24) is 10.2 Å². The molecule has 6 heteroatoms. The van der Waals surface area contributed by atoms with Crippen LogP contribution in [0.25, 0.3) is 0 Å². The van der Waals surface area contributed by atoms with Gasteiger partial charge in [0.1, 0.15) is 0 Å². The van der Waals surface area contributed by atoms with Crippen molar-refractivity contribution in [1.29, 1.82) is 0 Å². The van der Waals surface area contributed by atoms with E-state index in [2.05, 4.69) is 17.4 Å². The number of unbranched alkanes of at least 4 members (excludes halogenated alkanes) is 1. The van der Waals surface area contributed by atoms with E-state index >= 15 is 0 Å². The first-order chi connectivity index (χ1) is 16.8. The molecule has 1 aliphatic carbocycles. The maximum Gasteiger partial charge on any atom is 0.407 e. The van der Waals surface area contributed by atoms with Gasteiger partial charge in [0.2, 0.25) is 0 Å². The van der Waals surface area contributed by atoms with E-state index in [0.717, 1.165) is 50.5 Å². The Labute approximate surface area is 209 Å². The van der Waals surface area contributed by atoms with E-state index in [1.165, 1.54) is 10.5 Å². The average Bonchev–Trinajstić information content (AvgIpc) is 3.32. The standard InChI is InChI=1S/C29H40N2O4/c1-3-4-17-25(26(32)27(33)30-22(2)24-15-9-6-10-16-24)31(28(34)35)21-29(18-11-12-19-29)20-23-13-7-5-8-14-23/h5-10,13-16,22,25-26,32H,3-4,11-12,17-21H2,1-2H3,(H,30,33)(H,34,35)/t22-,25+,26?/m1/s1. The van der Waals surface area contributed by atoms with Crippen LogP contribution in [0, 0.1) is 5.41 Å². The number of carbonyl (C=O) groups is 2. The van der Waals surface area contributed by atoms with E-state index in [1.807, 2.05) is 62.4 Å². The zero-order chi connectivity index (χ0) is 25.3. The lowest BCUT2D eigenvalue weighted by atomic mass is 9.79.